The first-order valence-corrected chi connectivity index (χ1v) is 13.0. The van der Waals surface area contributed by atoms with Crippen LogP contribution in [-0.4, -0.2) is 60.8 Å². The number of aliphatic imine (C=N–C) groups is 1. The van der Waals surface area contributed by atoms with Gasteiger partial charge in [-0.2, -0.15) is 10.0 Å². The Labute approximate surface area is 206 Å². The number of amidine groups is 2. The molecule has 0 unspecified atom stereocenters. The summed E-state index contributed by atoms with van der Waals surface area (Å²) in [6.45, 7) is 2.17. The molecule has 0 radical (unpaired) electrons. The Kier molecular flexibility index (Phi) is 7.22. The maximum absolute atomic E-state index is 12.5. The van der Waals surface area contributed by atoms with Crippen molar-refractivity contribution in [3.63, 3.8) is 0 Å². The molecule has 10 nitrogen and oxygen atoms in total. The molecule has 1 N–H and O–H groups in total. The molecular weight excluding hydrogens is 492 g/mol. The van der Waals surface area contributed by atoms with Crippen molar-refractivity contribution in [2.45, 2.75) is 6.92 Å². The number of nitrogens with one attached hydrogen (secondary N) is 1. The minimum Gasteiger partial charge on any atom is -0.497 e. The van der Waals surface area contributed by atoms with Gasteiger partial charge in [0.15, 0.2) is 5.84 Å². The van der Waals surface area contributed by atoms with Crippen molar-refractivity contribution in [3.05, 3.63) is 59.7 Å². The number of hydrogen-bond donors (Lipinski definition) is 1. The fourth-order valence-electron chi connectivity index (χ4n) is 3.06. The molecule has 0 saturated heterocycles. The number of hydrogen-bond acceptors (Lipinski definition) is 9. The van der Waals surface area contributed by atoms with Crippen LogP contribution in [0.5, 0.6) is 17.2 Å². The average Bonchev–Trinajstić information content (AvgIpc) is 3.30. The molecule has 2 aromatic rings. The van der Waals surface area contributed by atoms with E-state index in [9.17, 15) is 13.2 Å². The molecule has 182 valence electrons. The number of benzene rings is 2. The number of ether oxygens (including phenoxy) is 3. The predicted molar refractivity (Wildman–Crippen MR) is 135 cm³/mol. The summed E-state index contributed by atoms with van der Waals surface area (Å²) < 4.78 is 40.5. The van der Waals surface area contributed by atoms with Gasteiger partial charge in [0, 0.05) is 6.07 Å². The lowest BCUT2D eigenvalue weighted by Gasteiger charge is -2.20. The first-order chi connectivity index (χ1) is 16.8. The molecule has 0 aliphatic carbocycles. The van der Waals surface area contributed by atoms with Crippen LogP contribution >= 0.6 is 11.8 Å². The van der Waals surface area contributed by atoms with Crippen molar-refractivity contribution in [1.29, 1.82) is 5.41 Å². The van der Waals surface area contributed by atoms with E-state index >= 15 is 0 Å². The number of amides is 1. The van der Waals surface area contributed by atoms with Gasteiger partial charge in [-0.25, -0.2) is 8.42 Å². The number of methoxy groups -OCH3 is 1. The molecule has 0 fully saturated rings. The summed E-state index contributed by atoms with van der Waals surface area (Å²) in [5.74, 6) is 1.01. The van der Waals surface area contributed by atoms with E-state index in [4.69, 9.17) is 19.6 Å². The van der Waals surface area contributed by atoms with Crippen LogP contribution in [0.1, 0.15) is 12.5 Å². The molecule has 2 aromatic carbocycles. The van der Waals surface area contributed by atoms with E-state index in [1.54, 1.807) is 37.4 Å². The average molecular weight is 515 g/mol. The molecule has 2 aliphatic rings. The zero-order chi connectivity index (χ0) is 25.0. The summed E-state index contributed by atoms with van der Waals surface area (Å²) in [7, 11) is -1.98. The molecule has 0 aromatic heterocycles. The molecule has 0 bridgehead atoms. The number of fused-ring (bicyclic) bond motifs is 1. The number of rotatable bonds is 8. The van der Waals surface area contributed by atoms with Gasteiger partial charge in [0.25, 0.3) is 5.91 Å². The summed E-state index contributed by atoms with van der Waals surface area (Å²) >= 11 is 0.770. The van der Waals surface area contributed by atoms with E-state index in [0.29, 0.717) is 36.0 Å². The Morgan fingerprint density at radius 3 is 2.43 bits per heavy atom. The van der Waals surface area contributed by atoms with Crippen molar-refractivity contribution in [3.8, 4) is 17.2 Å². The van der Waals surface area contributed by atoms with Crippen LogP contribution in [0.15, 0.2) is 64.2 Å². The molecular formula is C23H22N4O6S2. The summed E-state index contributed by atoms with van der Waals surface area (Å²) in [5, 5.41) is 13.5. The topological polar surface area (TPSA) is 131 Å². The highest BCUT2D eigenvalue weighted by Crippen LogP contribution is 2.30. The van der Waals surface area contributed by atoms with Crippen LogP contribution in [0, 0.1) is 5.41 Å². The van der Waals surface area contributed by atoms with Crippen molar-refractivity contribution in [2.24, 2.45) is 10.1 Å². The highest BCUT2D eigenvalue weighted by atomic mass is 32.3. The second kappa shape index (κ2) is 10.3. The quantitative estimate of drug-likeness (QED) is 0.420. The molecule has 0 saturated carbocycles. The Hall–Kier alpha value is -3.64. The number of nitrogens with zero attached hydrogens (tertiary/aromatic N) is 3. The molecule has 0 atom stereocenters. The Balaban J connectivity index is 1.38. The number of carbonyl (C=O) groups excluding carboxylic acids is 1. The molecule has 2 aliphatic heterocycles. The third kappa shape index (κ3) is 5.54. The Morgan fingerprint density at radius 2 is 1.74 bits per heavy atom. The van der Waals surface area contributed by atoms with Crippen molar-refractivity contribution in [1.82, 2.24) is 5.01 Å². The van der Waals surface area contributed by atoms with Crippen LogP contribution in [0.3, 0.4) is 0 Å². The smallest absolute Gasteiger partial charge is 0.283 e. The minimum atomic E-state index is -3.57. The molecule has 12 heteroatoms. The van der Waals surface area contributed by atoms with Gasteiger partial charge in [-0.1, -0.05) is 25.1 Å². The highest BCUT2D eigenvalue weighted by Gasteiger charge is 2.39. The lowest BCUT2D eigenvalue weighted by molar-refractivity contribution is -0.114. The summed E-state index contributed by atoms with van der Waals surface area (Å²) in [5.41, 5.74) is 0.655. The third-order valence-electron chi connectivity index (χ3n) is 4.94. The third-order valence-corrected chi connectivity index (χ3v) is 8.02. The van der Waals surface area contributed by atoms with E-state index in [2.05, 4.69) is 10.1 Å². The number of carbonyl (C=O) groups is 1. The summed E-state index contributed by atoms with van der Waals surface area (Å²) in [4.78, 5) is 16.4. The van der Waals surface area contributed by atoms with Gasteiger partial charge in [-0.3, -0.25) is 10.2 Å². The summed E-state index contributed by atoms with van der Waals surface area (Å²) in [6, 6.07) is 14.2. The van der Waals surface area contributed by atoms with Crippen molar-refractivity contribution in [2.75, 3.05) is 26.1 Å². The van der Waals surface area contributed by atoms with Gasteiger partial charge in [0.05, 0.1) is 18.4 Å². The van der Waals surface area contributed by atoms with Crippen LogP contribution in [0.25, 0.3) is 6.08 Å². The second-order valence-corrected chi connectivity index (χ2v) is 10.6. The monoisotopic (exact) mass is 514 g/mol. The van der Waals surface area contributed by atoms with E-state index in [1.165, 1.54) is 13.0 Å². The highest BCUT2D eigenvalue weighted by molar-refractivity contribution is 8.42. The number of hydrazone groups is 1. The maximum Gasteiger partial charge on any atom is 0.283 e. The first-order valence-electron chi connectivity index (χ1n) is 10.5. The molecule has 0 spiro atoms. The maximum atomic E-state index is 12.5. The Bertz CT molecular complexity index is 1350. The van der Waals surface area contributed by atoms with Gasteiger partial charge < -0.3 is 14.2 Å². The second-order valence-electron chi connectivity index (χ2n) is 7.23. The zero-order valence-corrected chi connectivity index (χ0v) is 20.6. The zero-order valence-electron chi connectivity index (χ0n) is 18.9. The largest absolute Gasteiger partial charge is 0.497 e. The van der Waals surface area contributed by atoms with E-state index in [0.717, 1.165) is 16.8 Å². The van der Waals surface area contributed by atoms with E-state index in [-0.39, 0.29) is 26.7 Å². The standard InChI is InChI=1S/C23H22N4O6S2/c1-3-35(29,30)23-26-27-20(24)19(21(28)25-22(27)34-23)13-15-7-9-16(10-8-15)32-11-12-33-18-6-4-5-17(14-18)31-2/h4-10,13-14,24H,3,11-12H2,1-2H3/b19-13+,24-20?. The first kappa shape index (κ1) is 24.5. The van der Waals surface area contributed by atoms with E-state index < -0.39 is 15.7 Å². The number of thioether (sulfide) groups is 1. The lowest BCUT2D eigenvalue weighted by atomic mass is 10.1. The minimum absolute atomic E-state index is 0.00797. The van der Waals surface area contributed by atoms with Crippen LogP contribution in [0.4, 0.5) is 0 Å². The molecule has 4 rings (SSSR count). The van der Waals surface area contributed by atoms with Gasteiger partial charge in [0.1, 0.15) is 30.5 Å². The van der Waals surface area contributed by atoms with Gasteiger partial charge in [-0.15, -0.1) is 5.10 Å². The van der Waals surface area contributed by atoms with Crippen LogP contribution < -0.4 is 14.2 Å². The fourth-order valence-corrected chi connectivity index (χ4v) is 5.22. The SMILES string of the molecule is CCS(=O)(=O)C1=NN2C(=N)/C(=C\c3ccc(OCCOc4cccc(OC)c4)cc3)C(=O)N=C2S1. The van der Waals surface area contributed by atoms with Crippen LogP contribution in [0.2, 0.25) is 0 Å². The molecule has 1 amide bonds. The fraction of sp³-hybridized carbons (Fsp3) is 0.217. The van der Waals surface area contributed by atoms with Gasteiger partial charge in [-0.05, 0) is 47.7 Å². The van der Waals surface area contributed by atoms with Gasteiger partial charge in [0.2, 0.25) is 19.4 Å². The number of sulfone groups is 1. The van der Waals surface area contributed by atoms with Gasteiger partial charge >= 0.3 is 0 Å². The van der Waals surface area contributed by atoms with E-state index in [1.807, 2.05) is 18.2 Å². The van der Waals surface area contributed by atoms with Crippen LogP contribution in [-0.2, 0) is 14.6 Å². The molecule has 35 heavy (non-hydrogen) atoms. The predicted octanol–water partition coefficient (Wildman–Crippen LogP) is 3.16. The summed E-state index contributed by atoms with van der Waals surface area (Å²) in [6.07, 6.45) is 1.51. The normalized spacial score (nSPS) is 16.6. The van der Waals surface area contributed by atoms with Crippen molar-refractivity contribution < 1.29 is 27.4 Å². The molecule has 2 heterocycles. The lowest BCUT2D eigenvalue weighted by Crippen LogP contribution is -2.35. The van der Waals surface area contributed by atoms with Crippen molar-refractivity contribution >= 4 is 49.0 Å². The Morgan fingerprint density at radius 1 is 1.06 bits per heavy atom.